The topological polar surface area (TPSA) is 43.6 Å². The molecule has 0 bridgehead atoms. The lowest BCUT2D eigenvalue weighted by Gasteiger charge is -2.10. The summed E-state index contributed by atoms with van der Waals surface area (Å²) in [6.07, 6.45) is 3.23. The molecule has 2 rings (SSSR count). The van der Waals surface area contributed by atoms with Crippen molar-refractivity contribution >= 4 is 23.2 Å². The average Bonchev–Trinajstić information content (AvgIpc) is 2.74. The van der Waals surface area contributed by atoms with Gasteiger partial charge in [0.15, 0.2) is 21.9 Å². The third-order valence-electron chi connectivity index (χ3n) is 2.22. The van der Waals surface area contributed by atoms with E-state index in [1.165, 1.54) is 0 Å². The Morgan fingerprint density at radius 1 is 1.24 bits per heavy atom. The van der Waals surface area contributed by atoms with Gasteiger partial charge in [-0.1, -0.05) is 23.2 Å². The second-order valence-corrected chi connectivity index (χ2v) is 4.44. The Morgan fingerprint density at radius 2 is 1.82 bits per heavy atom. The van der Waals surface area contributed by atoms with Gasteiger partial charge in [0, 0.05) is 6.04 Å². The molecule has 2 heterocycles. The first-order valence-corrected chi connectivity index (χ1v) is 5.67. The number of rotatable bonds is 2. The number of imidazole rings is 1. The minimum absolute atomic E-state index is 0.179. The highest BCUT2D eigenvalue weighted by Gasteiger charge is 2.16. The molecule has 0 saturated heterocycles. The van der Waals surface area contributed by atoms with E-state index in [1.807, 2.05) is 18.4 Å². The normalized spacial score (nSPS) is 11.2. The van der Waals surface area contributed by atoms with Gasteiger partial charge in [-0.25, -0.2) is 19.3 Å². The fourth-order valence-corrected chi connectivity index (χ4v) is 1.79. The number of nitrogens with zero attached hydrogens (tertiary/aromatic N) is 4. The molecular formula is C10H9Cl2FN4. The van der Waals surface area contributed by atoms with E-state index in [-0.39, 0.29) is 22.2 Å². The van der Waals surface area contributed by atoms with Crippen LogP contribution in [0, 0.1) is 5.82 Å². The summed E-state index contributed by atoms with van der Waals surface area (Å²) < 4.78 is 15.0. The third-order valence-corrected chi connectivity index (χ3v) is 2.72. The van der Waals surface area contributed by atoms with Crippen LogP contribution in [0.5, 0.6) is 0 Å². The average molecular weight is 275 g/mol. The largest absolute Gasteiger partial charge is 0.325 e. The van der Waals surface area contributed by atoms with Crippen LogP contribution in [0.1, 0.15) is 19.9 Å². The van der Waals surface area contributed by atoms with Crippen molar-refractivity contribution in [2.45, 2.75) is 19.9 Å². The van der Waals surface area contributed by atoms with Crippen LogP contribution < -0.4 is 0 Å². The molecule has 0 amide bonds. The minimum Gasteiger partial charge on any atom is -0.325 e. The molecule has 90 valence electrons. The Labute approximate surface area is 107 Å². The summed E-state index contributed by atoms with van der Waals surface area (Å²) in [6.45, 7) is 3.97. The van der Waals surface area contributed by atoms with E-state index >= 15 is 0 Å². The molecule has 0 radical (unpaired) electrons. The van der Waals surface area contributed by atoms with E-state index in [0.717, 1.165) is 0 Å². The maximum atomic E-state index is 13.2. The summed E-state index contributed by atoms with van der Waals surface area (Å²) in [5, 5.41) is -0.590. The van der Waals surface area contributed by atoms with Gasteiger partial charge in [-0.3, -0.25) is 0 Å². The molecular weight excluding hydrogens is 266 g/mol. The first-order valence-electron chi connectivity index (χ1n) is 4.91. The summed E-state index contributed by atoms with van der Waals surface area (Å²) in [5.41, 5.74) is 0.642. The van der Waals surface area contributed by atoms with E-state index in [9.17, 15) is 4.39 Å². The van der Waals surface area contributed by atoms with Crippen LogP contribution in [0.2, 0.25) is 10.3 Å². The van der Waals surface area contributed by atoms with Crippen molar-refractivity contribution in [3.05, 3.63) is 28.6 Å². The van der Waals surface area contributed by atoms with Crippen LogP contribution in [0.25, 0.3) is 11.5 Å². The Balaban J connectivity index is 2.57. The van der Waals surface area contributed by atoms with Gasteiger partial charge in [-0.15, -0.1) is 0 Å². The number of hydrogen-bond donors (Lipinski definition) is 0. The van der Waals surface area contributed by atoms with Gasteiger partial charge >= 0.3 is 0 Å². The molecule has 0 aliphatic carbocycles. The molecule has 0 N–H and O–H groups in total. The first-order chi connectivity index (χ1) is 8.00. The molecule has 2 aromatic heterocycles. The van der Waals surface area contributed by atoms with Crippen molar-refractivity contribution < 1.29 is 4.39 Å². The summed E-state index contributed by atoms with van der Waals surface area (Å²) >= 11 is 11.3. The zero-order valence-corrected chi connectivity index (χ0v) is 10.7. The first kappa shape index (κ1) is 12.3. The van der Waals surface area contributed by atoms with E-state index in [2.05, 4.69) is 15.0 Å². The highest BCUT2D eigenvalue weighted by Crippen LogP contribution is 2.25. The van der Waals surface area contributed by atoms with Crippen molar-refractivity contribution in [2.75, 3.05) is 0 Å². The SMILES string of the molecule is CC(C)n1cncc1-c1nc(Cl)c(F)c(Cl)n1. The van der Waals surface area contributed by atoms with Gasteiger partial charge in [0.25, 0.3) is 0 Å². The van der Waals surface area contributed by atoms with Crippen LogP contribution in [-0.4, -0.2) is 19.5 Å². The van der Waals surface area contributed by atoms with E-state index in [4.69, 9.17) is 23.2 Å². The fourth-order valence-electron chi connectivity index (χ4n) is 1.40. The van der Waals surface area contributed by atoms with E-state index < -0.39 is 5.82 Å². The maximum absolute atomic E-state index is 13.2. The van der Waals surface area contributed by atoms with Gasteiger partial charge in [-0.2, -0.15) is 0 Å². The van der Waals surface area contributed by atoms with Gasteiger partial charge in [0.2, 0.25) is 0 Å². The van der Waals surface area contributed by atoms with Crippen LogP contribution in [0.15, 0.2) is 12.5 Å². The summed E-state index contributed by atoms with van der Waals surface area (Å²) in [6, 6.07) is 0.179. The van der Waals surface area contributed by atoms with Crippen molar-refractivity contribution in [1.29, 1.82) is 0 Å². The van der Waals surface area contributed by atoms with Crippen molar-refractivity contribution in [3.8, 4) is 11.5 Å². The maximum Gasteiger partial charge on any atom is 0.197 e. The molecule has 0 spiro atoms. The molecule has 17 heavy (non-hydrogen) atoms. The highest BCUT2D eigenvalue weighted by molar-refractivity contribution is 6.33. The van der Waals surface area contributed by atoms with Crippen molar-refractivity contribution in [2.24, 2.45) is 0 Å². The number of aromatic nitrogens is 4. The van der Waals surface area contributed by atoms with E-state index in [0.29, 0.717) is 5.69 Å². The second-order valence-electron chi connectivity index (χ2n) is 3.72. The second kappa shape index (κ2) is 4.58. The van der Waals surface area contributed by atoms with Crippen molar-refractivity contribution in [1.82, 2.24) is 19.5 Å². The smallest absolute Gasteiger partial charge is 0.197 e. The lowest BCUT2D eigenvalue weighted by atomic mass is 10.3. The van der Waals surface area contributed by atoms with Gasteiger partial charge in [0.1, 0.15) is 5.69 Å². The molecule has 0 aliphatic rings. The minimum atomic E-state index is -0.812. The van der Waals surface area contributed by atoms with Crippen LogP contribution in [0.3, 0.4) is 0 Å². The van der Waals surface area contributed by atoms with Crippen molar-refractivity contribution in [3.63, 3.8) is 0 Å². The Hall–Kier alpha value is -1.20. The standard InChI is InChI=1S/C10H9Cl2FN4/c1-5(2)17-4-14-3-6(17)10-15-8(11)7(13)9(12)16-10/h3-5H,1-2H3. The zero-order valence-electron chi connectivity index (χ0n) is 9.15. The molecule has 0 aromatic carbocycles. The molecule has 7 heteroatoms. The predicted molar refractivity (Wildman–Crippen MR) is 63.6 cm³/mol. The fraction of sp³-hybridized carbons (Fsp3) is 0.300. The van der Waals surface area contributed by atoms with Gasteiger partial charge in [-0.05, 0) is 13.8 Å². The molecule has 0 aliphatic heterocycles. The molecule has 0 unspecified atom stereocenters. The number of halogens is 3. The van der Waals surface area contributed by atoms with E-state index in [1.54, 1.807) is 12.5 Å². The number of hydrogen-bond acceptors (Lipinski definition) is 3. The summed E-state index contributed by atoms with van der Waals surface area (Å²) in [4.78, 5) is 11.7. The molecule has 0 atom stereocenters. The quantitative estimate of drug-likeness (QED) is 0.789. The van der Waals surface area contributed by atoms with Crippen LogP contribution in [0.4, 0.5) is 4.39 Å². The van der Waals surface area contributed by atoms with Crippen LogP contribution >= 0.6 is 23.2 Å². The lowest BCUT2D eigenvalue weighted by Crippen LogP contribution is -2.04. The molecule has 4 nitrogen and oxygen atoms in total. The Morgan fingerprint density at radius 3 is 2.35 bits per heavy atom. The zero-order chi connectivity index (χ0) is 12.6. The molecule has 2 aromatic rings. The van der Waals surface area contributed by atoms with Gasteiger partial charge in [0.05, 0.1) is 12.5 Å². The Bertz CT molecular complexity index is 530. The third kappa shape index (κ3) is 2.25. The summed E-state index contributed by atoms with van der Waals surface area (Å²) in [7, 11) is 0. The monoisotopic (exact) mass is 274 g/mol. The molecule has 0 saturated carbocycles. The highest BCUT2D eigenvalue weighted by atomic mass is 35.5. The van der Waals surface area contributed by atoms with Crippen LogP contribution in [-0.2, 0) is 0 Å². The lowest BCUT2D eigenvalue weighted by molar-refractivity contribution is 0.599. The predicted octanol–water partition coefficient (Wildman–Crippen LogP) is 3.37. The molecule has 0 fully saturated rings. The van der Waals surface area contributed by atoms with Gasteiger partial charge < -0.3 is 4.57 Å². The Kier molecular flexibility index (Phi) is 3.31. The summed E-state index contributed by atoms with van der Waals surface area (Å²) in [5.74, 6) is -0.555.